The Morgan fingerprint density at radius 3 is 2.16 bits per heavy atom. The van der Waals surface area contributed by atoms with Gasteiger partial charge in [0, 0.05) is 44.8 Å². The Hall–Kier alpha value is -8.54. The van der Waals surface area contributed by atoms with Crippen LogP contribution in [-0.4, -0.2) is 14.5 Å². The Bertz CT molecular complexity index is 3690. The van der Waals surface area contributed by atoms with Crippen LogP contribution in [0.4, 0.5) is 11.4 Å². The van der Waals surface area contributed by atoms with Crippen molar-refractivity contribution in [3.63, 3.8) is 0 Å². The van der Waals surface area contributed by atoms with Gasteiger partial charge in [0.15, 0.2) is 11.6 Å². The molecule has 0 saturated carbocycles. The van der Waals surface area contributed by atoms with Crippen LogP contribution >= 0.6 is 0 Å². The Morgan fingerprint density at radius 1 is 0.567 bits per heavy atom. The first-order valence-corrected chi connectivity index (χ1v) is 23.2. The maximum atomic E-state index is 6.80. The summed E-state index contributed by atoms with van der Waals surface area (Å²) in [5.41, 5.74) is 15.1. The van der Waals surface area contributed by atoms with Crippen LogP contribution < -0.4 is 9.64 Å². The second-order valence-electron chi connectivity index (χ2n) is 17.6. The van der Waals surface area contributed by atoms with E-state index in [0.717, 1.165) is 98.1 Å². The molecule has 10 aromatic rings. The lowest BCUT2D eigenvalue weighted by atomic mass is 9.89. The van der Waals surface area contributed by atoms with E-state index in [4.69, 9.17) is 14.7 Å². The summed E-state index contributed by atoms with van der Waals surface area (Å²) in [7, 11) is 0. The molecule has 5 nitrogen and oxygen atoms in total. The van der Waals surface area contributed by atoms with E-state index in [1.54, 1.807) is 0 Å². The first kappa shape index (κ1) is 38.9. The Labute approximate surface area is 389 Å². The van der Waals surface area contributed by atoms with E-state index in [-0.39, 0.29) is 0 Å². The zero-order valence-corrected chi connectivity index (χ0v) is 36.8. The molecule has 0 spiro atoms. The molecule has 2 aliphatic carbocycles. The lowest BCUT2D eigenvalue weighted by molar-refractivity contribution is 0.421. The lowest BCUT2D eigenvalue weighted by Crippen LogP contribution is -2.25. The maximum Gasteiger partial charge on any atom is 0.160 e. The van der Waals surface area contributed by atoms with Gasteiger partial charge >= 0.3 is 0 Å². The summed E-state index contributed by atoms with van der Waals surface area (Å²) in [6.45, 7) is 0. The van der Waals surface area contributed by atoms with Gasteiger partial charge in [0.1, 0.15) is 5.76 Å². The fourth-order valence-electron chi connectivity index (χ4n) is 10.4. The van der Waals surface area contributed by atoms with Crippen LogP contribution in [0.5, 0.6) is 5.75 Å². The van der Waals surface area contributed by atoms with E-state index in [2.05, 4.69) is 228 Å². The van der Waals surface area contributed by atoms with Gasteiger partial charge in [-0.25, -0.2) is 9.97 Å². The maximum absolute atomic E-state index is 6.80. The molecule has 318 valence electrons. The molecule has 13 rings (SSSR count). The Balaban J connectivity index is 0.978. The Morgan fingerprint density at radius 2 is 1.31 bits per heavy atom. The molecule has 1 unspecified atom stereocenters. The van der Waals surface area contributed by atoms with Gasteiger partial charge < -0.3 is 14.2 Å². The summed E-state index contributed by atoms with van der Waals surface area (Å²) in [6.07, 6.45) is 14.0. The number of para-hydroxylation sites is 2. The number of aromatic nitrogens is 3. The number of allylic oxidation sites excluding steroid dienone is 7. The molecule has 0 N–H and O–H groups in total. The highest BCUT2D eigenvalue weighted by atomic mass is 16.5. The van der Waals surface area contributed by atoms with Crippen molar-refractivity contribution in [3.05, 3.63) is 247 Å². The molecule has 8 aromatic carbocycles. The van der Waals surface area contributed by atoms with Crippen molar-refractivity contribution >= 4 is 49.5 Å². The zero-order chi connectivity index (χ0) is 44.3. The van der Waals surface area contributed by atoms with Gasteiger partial charge in [0.25, 0.3) is 0 Å². The number of rotatable bonds is 7. The summed E-state index contributed by atoms with van der Waals surface area (Å²) in [5.74, 6) is 2.79. The van der Waals surface area contributed by atoms with E-state index in [0.29, 0.717) is 11.7 Å². The number of nitrogens with zero attached hydrogens (tertiary/aromatic N) is 4. The first-order valence-electron chi connectivity index (χ1n) is 23.2. The number of benzene rings is 8. The molecular weight excluding hydrogens is 817 g/mol. The molecule has 0 radical (unpaired) electrons. The van der Waals surface area contributed by atoms with Crippen LogP contribution in [0.3, 0.4) is 0 Å². The molecule has 0 bridgehead atoms. The van der Waals surface area contributed by atoms with E-state index in [1.165, 1.54) is 32.8 Å². The van der Waals surface area contributed by atoms with E-state index in [9.17, 15) is 0 Å². The molecule has 67 heavy (non-hydrogen) atoms. The van der Waals surface area contributed by atoms with E-state index >= 15 is 0 Å². The second-order valence-corrected chi connectivity index (χ2v) is 17.6. The average Bonchev–Trinajstić information content (AvgIpc) is 3.76. The first-order chi connectivity index (χ1) is 33.2. The summed E-state index contributed by atoms with van der Waals surface area (Å²) in [4.78, 5) is 12.9. The molecule has 2 aromatic heterocycles. The van der Waals surface area contributed by atoms with E-state index in [1.807, 2.05) is 6.07 Å². The third kappa shape index (κ3) is 6.78. The number of hydrogen-bond donors (Lipinski definition) is 0. The molecule has 1 aliphatic heterocycles. The van der Waals surface area contributed by atoms with Crippen molar-refractivity contribution in [3.8, 4) is 45.2 Å². The van der Waals surface area contributed by atoms with Crippen molar-refractivity contribution < 1.29 is 4.74 Å². The van der Waals surface area contributed by atoms with Crippen LogP contribution in [0.15, 0.2) is 236 Å². The highest BCUT2D eigenvalue weighted by Gasteiger charge is 2.29. The molecule has 3 aliphatic rings. The molecule has 1 atom stereocenters. The molecule has 0 saturated heterocycles. The van der Waals surface area contributed by atoms with Crippen molar-refractivity contribution in [2.75, 3.05) is 4.90 Å². The van der Waals surface area contributed by atoms with Crippen LogP contribution in [0, 0.1) is 0 Å². The molecule has 5 heteroatoms. The van der Waals surface area contributed by atoms with Gasteiger partial charge in [0.2, 0.25) is 0 Å². The van der Waals surface area contributed by atoms with Crippen molar-refractivity contribution in [1.82, 2.24) is 14.5 Å². The molecule has 0 amide bonds. The quantitative estimate of drug-likeness (QED) is 0.160. The molecule has 0 fully saturated rings. The van der Waals surface area contributed by atoms with Crippen LogP contribution in [0.1, 0.15) is 36.4 Å². The smallest absolute Gasteiger partial charge is 0.160 e. The number of ether oxygens (including phenoxy) is 1. The minimum atomic E-state index is 0.335. The predicted molar refractivity (Wildman–Crippen MR) is 276 cm³/mol. The fourth-order valence-corrected chi connectivity index (χ4v) is 10.4. The highest BCUT2D eigenvalue weighted by Crippen LogP contribution is 2.48. The fraction of sp³-hybridized carbons (Fsp3) is 0.0645. The summed E-state index contributed by atoms with van der Waals surface area (Å²) < 4.78 is 9.25. The van der Waals surface area contributed by atoms with Gasteiger partial charge in [-0.15, -0.1) is 0 Å². The average molecular weight is 861 g/mol. The third-order valence-electron chi connectivity index (χ3n) is 13.6. The van der Waals surface area contributed by atoms with Gasteiger partial charge in [-0.2, -0.15) is 0 Å². The minimum Gasteiger partial charge on any atom is -0.453 e. The monoisotopic (exact) mass is 860 g/mol. The van der Waals surface area contributed by atoms with Crippen molar-refractivity contribution in [1.29, 1.82) is 0 Å². The van der Waals surface area contributed by atoms with Gasteiger partial charge in [0.05, 0.1) is 33.8 Å². The zero-order valence-electron chi connectivity index (χ0n) is 36.8. The predicted octanol–water partition coefficient (Wildman–Crippen LogP) is 15.9. The van der Waals surface area contributed by atoms with Crippen LogP contribution in [0.25, 0.3) is 77.6 Å². The highest BCUT2D eigenvalue weighted by molar-refractivity contribution is 6.23. The SMILES string of the molecule is C1=CC2=C(CC1)N(c1ccccc1)c1ccc(-c3cccc4c5c6ccccc6ccc5n(-c5cccc(-c6cc(C7=CCC(c8ccccc8)C=C7)nc(-c7ccccc7)n6)c5)c34)cc1O2. The normalized spacial score (nSPS) is 15.4. The largest absolute Gasteiger partial charge is 0.453 e. The number of anilines is 2. The second kappa shape index (κ2) is 16.2. The number of fused-ring (bicyclic) bond motifs is 6. The summed E-state index contributed by atoms with van der Waals surface area (Å²) in [5, 5.41) is 4.86. The number of hydrogen-bond acceptors (Lipinski definition) is 4. The van der Waals surface area contributed by atoms with Crippen LogP contribution in [-0.2, 0) is 0 Å². The van der Waals surface area contributed by atoms with Gasteiger partial charge in [-0.3, -0.25) is 0 Å². The molecule has 3 heterocycles. The topological polar surface area (TPSA) is 43.2 Å². The van der Waals surface area contributed by atoms with Crippen molar-refractivity contribution in [2.24, 2.45) is 0 Å². The van der Waals surface area contributed by atoms with Gasteiger partial charge in [-0.1, -0.05) is 170 Å². The summed E-state index contributed by atoms with van der Waals surface area (Å²) in [6, 6.07) is 69.4. The standard InChI is InChI=1S/C62H44N4O/c1-4-16-41(17-5-1)42-30-32-44(33-31-42)53-40-54(64-62(63-53)45-19-6-2-7-20-45)47-21-14-24-49(38-47)66-57-37-34-43-18-10-11-25-50(43)60(57)52-27-15-26-51(61(52)66)46-35-36-56-59(39-46)67-58-29-13-12-28-55(58)65(56)48-22-8-3-9-23-48/h1-11,13-27,29-30,32-40,42H,12,28,31H2. The van der Waals surface area contributed by atoms with E-state index < -0.39 is 0 Å². The minimum absolute atomic E-state index is 0.335. The van der Waals surface area contributed by atoms with Gasteiger partial charge in [-0.05, 0) is 101 Å². The molecular formula is C62H44N4O. The Kier molecular flexibility index (Phi) is 9.38. The lowest BCUT2D eigenvalue weighted by Gasteiger charge is -2.36. The van der Waals surface area contributed by atoms with Crippen molar-refractivity contribution in [2.45, 2.75) is 25.2 Å². The summed E-state index contributed by atoms with van der Waals surface area (Å²) >= 11 is 0. The van der Waals surface area contributed by atoms with Crippen LogP contribution in [0.2, 0.25) is 0 Å². The third-order valence-corrected chi connectivity index (χ3v) is 13.6.